The smallest absolute Gasteiger partial charge is 0.156 e. The zero-order chi connectivity index (χ0) is 13.5. The van der Waals surface area contributed by atoms with Gasteiger partial charge in [0.1, 0.15) is 17.3 Å². The van der Waals surface area contributed by atoms with Crippen molar-refractivity contribution in [2.24, 2.45) is 0 Å². The number of hydrogen-bond donors (Lipinski definition) is 1. The molecule has 1 aromatic heterocycles. The lowest BCUT2D eigenvalue weighted by Crippen LogP contribution is -2.21. The number of ether oxygens (including phenoxy) is 1. The van der Waals surface area contributed by atoms with Crippen LogP contribution in [0.25, 0.3) is 0 Å². The summed E-state index contributed by atoms with van der Waals surface area (Å²) in [6, 6.07) is 0. The van der Waals surface area contributed by atoms with Gasteiger partial charge in [0.15, 0.2) is 6.29 Å². The molecule has 6 heteroatoms. The first-order chi connectivity index (χ1) is 9.31. The van der Waals surface area contributed by atoms with Crippen molar-refractivity contribution in [3.8, 4) is 0 Å². The summed E-state index contributed by atoms with van der Waals surface area (Å²) in [6.45, 7) is 1.20. The molecule has 5 nitrogen and oxygen atoms in total. The number of carbonyl (C=O) groups is 1. The van der Waals surface area contributed by atoms with Crippen molar-refractivity contribution < 1.29 is 9.53 Å². The summed E-state index contributed by atoms with van der Waals surface area (Å²) in [4.78, 5) is 18.7. The summed E-state index contributed by atoms with van der Waals surface area (Å²) in [5.41, 5.74) is 0.293. The van der Waals surface area contributed by atoms with Crippen LogP contribution in [0.4, 0.5) is 5.82 Å². The minimum atomic E-state index is 0.167. The van der Waals surface area contributed by atoms with E-state index in [-0.39, 0.29) is 5.15 Å². The number of nitrogens with zero attached hydrogens (tertiary/aromatic N) is 2. The fourth-order valence-electron chi connectivity index (χ4n) is 2.25. The van der Waals surface area contributed by atoms with Crippen molar-refractivity contribution in [3.63, 3.8) is 0 Å². The molecule has 0 spiro atoms. The standard InChI is InChI=1S/C13H18ClN3O2/c14-12-11(8-18)13(17-9-16-12)15-6-7-19-10-4-2-1-3-5-10/h8-10H,1-7H2,(H,15,16,17). The molecule has 1 fully saturated rings. The molecule has 104 valence electrons. The zero-order valence-electron chi connectivity index (χ0n) is 10.8. The van der Waals surface area contributed by atoms with Crippen LogP contribution in [0.2, 0.25) is 5.15 Å². The Labute approximate surface area is 117 Å². The van der Waals surface area contributed by atoms with Crippen molar-refractivity contribution in [1.82, 2.24) is 9.97 Å². The van der Waals surface area contributed by atoms with Gasteiger partial charge >= 0.3 is 0 Å². The van der Waals surface area contributed by atoms with Gasteiger partial charge in [0.25, 0.3) is 0 Å². The van der Waals surface area contributed by atoms with Crippen LogP contribution >= 0.6 is 11.6 Å². The SMILES string of the molecule is O=Cc1c(Cl)ncnc1NCCOC1CCCCC1. The van der Waals surface area contributed by atoms with Crippen LogP contribution in [0.5, 0.6) is 0 Å². The molecule has 2 rings (SSSR count). The molecule has 0 amide bonds. The number of hydrogen-bond acceptors (Lipinski definition) is 5. The number of carbonyl (C=O) groups excluding carboxylic acids is 1. The van der Waals surface area contributed by atoms with E-state index in [4.69, 9.17) is 16.3 Å². The van der Waals surface area contributed by atoms with Gasteiger partial charge in [0, 0.05) is 6.54 Å². The predicted molar refractivity (Wildman–Crippen MR) is 73.7 cm³/mol. The minimum absolute atomic E-state index is 0.167. The Hall–Kier alpha value is -1.20. The Morgan fingerprint density at radius 2 is 2.16 bits per heavy atom. The number of aldehydes is 1. The van der Waals surface area contributed by atoms with E-state index in [1.54, 1.807) is 0 Å². The quantitative estimate of drug-likeness (QED) is 0.494. The van der Waals surface area contributed by atoms with Gasteiger partial charge in [0.2, 0.25) is 0 Å². The molecule has 0 bridgehead atoms. The summed E-state index contributed by atoms with van der Waals surface area (Å²) < 4.78 is 5.78. The third-order valence-corrected chi connectivity index (χ3v) is 3.55. The molecule has 1 heterocycles. The maximum absolute atomic E-state index is 10.9. The van der Waals surface area contributed by atoms with Crippen LogP contribution in [-0.2, 0) is 4.74 Å². The molecular formula is C13H18ClN3O2. The molecule has 1 saturated carbocycles. The van der Waals surface area contributed by atoms with Crippen LogP contribution < -0.4 is 5.32 Å². The molecule has 19 heavy (non-hydrogen) atoms. The summed E-state index contributed by atoms with van der Waals surface area (Å²) >= 11 is 5.81. The molecule has 1 N–H and O–H groups in total. The van der Waals surface area contributed by atoms with Crippen LogP contribution in [0.3, 0.4) is 0 Å². The van der Waals surface area contributed by atoms with E-state index in [9.17, 15) is 4.79 Å². The van der Waals surface area contributed by atoms with Crippen molar-refractivity contribution in [2.45, 2.75) is 38.2 Å². The second kappa shape index (κ2) is 7.40. The van der Waals surface area contributed by atoms with Crippen molar-refractivity contribution in [2.75, 3.05) is 18.5 Å². The van der Waals surface area contributed by atoms with Gasteiger partial charge in [0.05, 0.1) is 18.3 Å². The van der Waals surface area contributed by atoms with Crippen LogP contribution in [-0.4, -0.2) is 35.5 Å². The Balaban J connectivity index is 1.76. The van der Waals surface area contributed by atoms with Crippen molar-refractivity contribution in [3.05, 3.63) is 17.0 Å². The number of anilines is 1. The van der Waals surface area contributed by atoms with Crippen molar-refractivity contribution >= 4 is 23.7 Å². The molecule has 0 radical (unpaired) electrons. The highest BCUT2D eigenvalue weighted by atomic mass is 35.5. The van der Waals surface area contributed by atoms with Gasteiger partial charge in [-0.1, -0.05) is 30.9 Å². The molecule has 1 aliphatic rings. The highest BCUT2D eigenvalue weighted by molar-refractivity contribution is 6.32. The lowest BCUT2D eigenvalue weighted by atomic mass is 9.98. The molecule has 1 aromatic rings. The van der Waals surface area contributed by atoms with E-state index in [0.717, 1.165) is 12.8 Å². The van der Waals surface area contributed by atoms with Gasteiger partial charge < -0.3 is 10.1 Å². The molecule has 0 unspecified atom stereocenters. The second-order valence-corrected chi connectivity index (χ2v) is 4.96. The minimum Gasteiger partial charge on any atom is -0.376 e. The van der Waals surface area contributed by atoms with E-state index in [1.165, 1.54) is 25.6 Å². The van der Waals surface area contributed by atoms with Gasteiger partial charge in [-0.25, -0.2) is 9.97 Å². The average molecular weight is 284 g/mol. The lowest BCUT2D eigenvalue weighted by Gasteiger charge is -2.22. The molecule has 1 aliphatic carbocycles. The summed E-state index contributed by atoms with van der Waals surface area (Å²) in [5, 5.41) is 3.22. The average Bonchev–Trinajstić information content (AvgIpc) is 2.45. The van der Waals surface area contributed by atoms with E-state index >= 15 is 0 Å². The third-order valence-electron chi connectivity index (χ3n) is 3.25. The number of rotatable bonds is 6. The lowest BCUT2D eigenvalue weighted by molar-refractivity contribution is 0.0347. The first-order valence-corrected chi connectivity index (χ1v) is 7.00. The monoisotopic (exact) mass is 283 g/mol. The van der Waals surface area contributed by atoms with E-state index in [1.807, 2.05) is 0 Å². The van der Waals surface area contributed by atoms with E-state index in [0.29, 0.717) is 36.9 Å². The number of halogens is 1. The Morgan fingerprint density at radius 1 is 1.37 bits per heavy atom. The van der Waals surface area contributed by atoms with Crippen molar-refractivity contribution in [1.29, 1.82) is 0 Å². The zero-order valence-corrected chi connectivity index (χ0v) is 11.5. The molecule has 0 atom stereocenters. The second-order valence-electron chi connectivity index (χ2n) is 4.60. The summed E-state index contributed by atoms with van der Waals surface area (Å²) in [5.74, 6) is 0.460. The molecule has 0 aromatic carbocycles. The van der Waals surface area contributed by atoms with Gasteiger partial charge in [-0.05, 0) is 12.8 Å². The fourth-order valence-corrected chi connectivity index (χ4v) is 2.42. The van der Waals surface area contributed by atoms with E-state index in [2.05, 4.69) is 15.3 Å². The largest absolute Gasteiger partial charge is 0.376 e. The highest BCUT2D eigenvalue weighted by Crippen LogP contribution is 2.20. The normalized spacial score (nSPS) is 16.3. The van der Waals surface area contributed by atoms with Gasteiger partial charge in [-0.2, -0.15) is 0 Å². The molecular weight excluding hydrogens is 266 g/mol. The first-order valence-electron chi connectivity index (χ1n) is 6.62. The predicted octanol–water partition coefficient (Wildman–Crippen LogP) is 2.70. The maximum Gasteiger partial charge on any atom is 0.156 e. The van der Waals surface area contributed by atoms with E-state index < -0.39 is 0 Å². The molecule has 0 aliphatic heterocycles. The first kappa shape index (κ1) is 14.2. The summed E-state index contributed by atoms with van der Waals surface area (Å²) in [6.07, 6.45) is 8.52. The van der Waals surface area contributed by atoms with Crippen LogP contribution in [0, 0.1) is 0 Å². The molecule has 0 saturated heterocycles. The maximum atomic E-state index is 10.9. The van der Waals surface area contributed by atoms with Crippen LogP contribution in [0.1, 0.15) is 42.5 Å². The number of aromatic nitrogens is 2. The topological polar surface area (TPSA) is 64.1 Å². The Morgan fingerprint density at radius 3 is 2.89 bits per heavy atom. The number of nitrogens with one attached hydrogen (secondary N) is 1. The van der Waals surface area contributed by atoms with Gasteiger partial charge in [-0.15, -0.1) is 0 Å². The fraction of sp³-hybridized carbons (Fsp3) is 0.615. The summed E-state index contributed by atoms with van der Waals surface area (Å²) in [7, 11) is 0. The Kier molecular flexibility index (Phi) is 5.54. The highest BCUT2D eigenvalue weighted by Gasteiger charge is 2.13. The third kappa shape index (κ3) is 4.14. The van der Waals surface area contributed by atoms with Crippen LogP contribution in [0.15, 0.2) is 6.33 Å². The van der Waals surface area contributed by atoms with Gasteiger partial charge in [-0.3, -0.25) is 4.79 Å². The Bertz CT molecular complexity index is 422.